The van der Waals surface area contributed by atoms with Crippen molar-refractivity contribution in [1.29, 1.82) is 0 Å². The Morgan fingerprint density at radius 1 is 1.29 bits per heavy atom. The zero-order chi connectivity index (χ0) is 16.8. The first kappa shape index (κ1) is 17.5. The fourth-order valence-corrected chi connectivity index (χ4v) is 4.79. The molecule has 0 bridgehead atoms. The van der Waals surface area contributed by atoms with Gasteiger partial charge in [-0.25, -0.2) is 0 Å². The van der Waals surface area contributed by atoms with E-state index in [4.69, 9.17) is 4.74 Å². The number of anilines is 2. The van der Waals surface area contributed by atoms with Crippen LogP contribution in [0.4, 0.5) is 10.8 Å². The van der Waals surface area contributed by atoms with E-state index in [-0.39, 0.29) is 0 Å². The summed E-state index contributed by atoms with van der Waals surface area (Å²) in [6.45, 7) is 1.24. The molecule has 130 valence electrons. The summed E-state index contributed by atoms with van der Waals surface area (Å²) in [5.41, 5.74) is 0.993. The minimum absolute atomic E-state index is 0.732. The number of nitrogens with one attached hydrogen (secondary N) is 1. The molecule has 2 heterocycles. The maximum Gasteiger partial charge on any atom is 0.210 e. The van der Waals surface area contributed by atoms with Crippen molar-refractivity contribution in [3.63, 3.8) is 0 Å². The molecular weight excluding hydrogens is 340 g/mol. The molecule has 1 aromatic heterocycles. The van der Waals surface area contributed by atoms with Crippen LogP contribution >= 0.6 is 23.1 Å². The van der Waals surface area contributed by atoms with Crippen LogP contribution in [0.25, 0.3) is 0 Å². The smallest absolute Gasteiger partial charge is 0.210 e. The maximum atomic E-state index is 5.17. The minimum Gasteiger partial charge on any atom is -0.497 e. The van der Waals surface area contributed by atoms with Crippen LogP contribution in [0.15, 0.2) is 28.6 Å². The van der Waals surface area contributed by atoms with Gasteiger partial charge in [0.2, 0.25) is 5.13 Å². The second-order valence-corrected chi connectivity index (χ2v) is 8.31. The Hall–Kier alpha value is -1.31. The van der Waals surface area contributed by atoms with Crippen molar-refractivity contribution in [2.24, 2.45) is 0 Å². The van der Waals surface area contributed by atoms with Gasteiger partial charge in [-0.1, -0.05) is 29.5 Å². The second kappa shape index (κ2) is 8.69. The Morgan fingerprint density at radius 2 is 2.12 bits per heavy atom. The summed E-state index contributed by atoms with van der Waals surface area (Å²) in [7, 11) is 3.91. The topological polar surface area (TPSA) is 50.3 Å². The van der Waals surface area contributed by atoms with Gasteiger partial charge in [0.1, 0.15) is 5.75 Å². The van der Waals surface area contributed by atoms with Gasteiger partial charge in [-0.2, -0.15) is 0 Å². The molecule has 1 unspecified atom stereocenters. The van der Waals surface area contributed by atoms with E-state index in [1.165, 1.54) is 32.2 Å². The zero-order valence-corrected chi connectivity index (χ0v) is 15.8. The Labute approximate surface area is 151 Å². The Balaban J connectivity index is 1.46. The van der Waals surface area contributed by atoms with E-state index in [0.29, 0.717) is 0 Å². The number of nitrogens with zero attached hydrogens (tertiary/aromatic N) is 3. The summed E-state index contributed by atoms with van der Waals surface area (Å²) in [6, 6.07) is 8.55. The van der Waals surface area contributed by atoms with Crippen LogP contribution in [0.3, 0.4) is 0 Å². The maximum absolute atomic E-state index is 5.17. The third kappa shape index (κ3) is 4.84. The van der Waals surface area contributed by atoms with Crippen LogP contribution in [0.5, 0.6) is 5.75 Å². The number of likely N-dealkylation sites (tertiary alicyclic amines) is 1. The van der Waals surface area contributed by atoms with E-state index in [1.54, 1.807) is 18.4 Å². The van der Waals surface area contributed by atoms with Crippen LogP contribution in [-0.2, 0) is 0 Å². The Morgan fingerprint density at radius 3 is 2.88 bits per heavy atom. The largest absolute Gasteiger partial charge is 0.497 e. The molecule has 3 rings (SSSR count). The Bertz CT molecular complexity index is 632. The van der Waals surface area contributed by atoms with Gasteiger partial charge in [-0.3, -0.25) is 0 Å². The van der Waals surface area contributed by atoms with E-state index in [2.05, 4.69) is 27.5 Å². The van der Waals surface area contributed by atoms with Gasteiger partial charge >= 0.3 is 0 Å². The summed E-state index contributed by atoms with van der Waals surface area (Å²) >= 11 is 3.42. The molecule has 0 aliphatic carbocycles. The lowest BCUT2D eigenvalue weighted by Gasteiger charge is -2.32. The monoisotopic (exact) mass is 364 g/mol. The van der Waals surface area contributed by atoms with Gasteiger partial charge in [-0.05, 0) is 57.1 Å². The molecule has 1 atom stereocenters. The molecule has 1 aliphatic heterocycles. The molecule has 1 fully saturated rings. The predicted molar refractivity (Wildman–Crippen MR) is 102 cm³/mol. The number of aromatic nitrogens is 2. The summed E-state index contributed by atoms with van der Waals surface area (Å²) in [6.07, 6.45) is 5.27. The molecule has 0 saturated carbocycles. The van der Waals surface area contributed by atoms with Crippen LogP contribution < -0.4 is 10.1 Å². The highest BCUT2D eigenvalue weighted by molar-refractivity contribution is 8.01. The van der Waals surface area contributed by atoms with Crippen LogP contribution in [0.2, 0.25) is 0 Å². The number of thioether (sulfide) groups is 1. The molecule has 0 amide bonds. The molecule has 1 aromatic carbocycles. The van der Waals surface area contributed by atoms with E-state index >= 15 is 0 Å². The van der Waals surface area contributed by atoms with Crippen molar-refractivity contribution in [2.75, 3.05) is 31.8 Å². The lowest BCUT2D eigenvalue weighted by Crippen LogP contribution is -2.36. The number of rotatable bonds is 7. The van der Waals surface area contributed by atoms with Crippen LogP contribution in [0.1, 0.15) is 25.7 Å². The third-order valence-corrected chi connectivity index (χ3v) is 6.35. The van der Waals surface area contributed by atoms with Gasteiger partial charge in [-0.15, -0.1) is 10.2 Å². The molecule has 7 heteroatoms. The zero-order valence-electron chi connectivity index (χ0n) is 14.2. The first-order valence-corrected chi connectivity index (χ1v) is 10.1. The average molecular weight is 365 g/mol. The van der Waals surface area contributed by atoms with E-state index in [1.807, 2.05) is 36.0 Å². The molecule has 0 spiro atoms. The van der Waals surface area contributed by atoms with E-state index in [0.717, 1.165) is 32.7 Å². The van der Waals surface area contributed by atoms with Crippen molar-refractivity contribution in [3.05, 3.63) is 24.3 Å². The number of hydrogen-bond donors (Lipinski definition) is 1. The van der Waals surface area contributed by atoms with Crippen molar-refractivity contribution in [3.8, 4) is 5.75 Å². The highest BCUT2D eigenvalue weighted by atomic mass is 32.2. The Kier molecular flexibility index (Phi) is 6.34. The summed E-state index contributed by atoms with van der Waals surface area (Å²) < 4.78 is 6.20. The molecule has 1 saturated heterocycles. The molecule has 2 aromatic rings. The first-order valence-electron chi connectivity index (χ1n) is 8.32. The molecule has 0 radical (unpaired) electrons. The molecule has 1 N–H and O–H groups in total. The highest BCUT2D eigenvalue weighted by Gasteiger charge is 2.18. The number of hydrogen-bond acceptors (Lipinski definition) is 7. The summed E-state index contributed by atoms with van der Waals surface area (Å²) in [4.78, 5) is 2.50. The SMILES string of the molecule is COc1ccc(Nc2nnc(SCCC3CCCCN3C)s2)cc1. The lowest BCUT2D eigenvalue weighted by atomic mass is 10.0. The normalized spacial score (nSPS) is 18.5. The summed E-state index contributed by atoms with van der Waals surface area (Å²) in [5, 5.41) is 12.6. The average Bonchev–Trinajstić information content (AvgIpc) is 3.05. The van der Waals surface area contributed by atoms with E-state index in [9.17, 15) is 0 Å². The standard InChI is InChI=1S/C17H24N4OS2/c1-21-11-4-3-5-14(21)10-12-23-17-20-19-16(24-17)18-13-6-8-15(22-2)9-7-13/h6-9,14H,3-5,10-12H2,1-2H3,(H,18,19). The van der Waals surface area contributed by atoms with Gasteiger partial charge < -0.3 is 15.0 Å². The fourth-order valence-electron chi connectivity index (χ4n) is 2.91. The molecule has 24 heavy (non-hydrogen) atoms. The van der Waals surface area contributed by atoms with Gasteiger partial charge in [0.15, 0.2) is 4.34 Å². The number of ether oxygens (including phenoxy) is 1. The fraction of sp³-hybridized carbons (Fsp3) is 0.529. The van der Waals surface area contributed by atoms with E-state index < -0.39 is 0 Å². The lowest BCUT2D eigenvalue weighted by molar-refractivity contribution is 0.182. The third-order valence-electron chi connectivity index (χ3n) is 4.35. The van der Waals surface area contributed by atoms with Crippen molar-refractivity contribution in [1.82, 2.24) is 15.1 Å². The van der Waals surface area contributed by atoms with Crippen molar-refractivity contribution >= 4 is 33.9 Å². The number of benzene rings is 1. The minimum atomic E-state index is 0.732. The van der Waals surface area contributed by atoms with Crippen molar-refractivity contribution in [2.45, 2.75) is 36.1 Å². The van der Waals surface area contributed by atoms with Gasteiger partial charge in [0.05, 0.1) is 7.11 Å². The van der Waals surface area contributed by atoms with Crippen molar-refractivity contribution < 1.29 is 4.74 Å². The van der Waals surface area contributed by atoms with Gasteiger partial charge in [0.25, 0.3) is 0 Å². The number of methoxy groups -OCH3 is 1. The van der Waals surface area contributed by atoms with Crippen LogP contribution in [0, 0.1) is 0 Å². The second-order valence-electron chi connectivity index (χ2n) is 5.99. The first-order chi connectivity index (χ1) is 11.7. The predicted octanol–water partition coefficient (Wildman–Crippen LogP) is 4.26. The molecule has 1 aliphatic rings. The highest BCUT2D eigenvalue weighted by Crippen LogP contribution is 2.29. The van der Waals surface area contributed by atoms with Crippen LogP contribution in [-0.4, -0.2) is 47.6 Å². The molecular formula is C17H24N4OS2. The number of piperidine rings is 1. The van der Waals surface area contributed by atoms with Gasteiger partial charge in [0, 0.05) is 17.5 Å². The molecule has 5 nitrogen and oxygen atoms in total. The quantitative estimate of drug-likeness (QED) is 0.741. The summed E-state index contributed by atoms with van der Waals surface area (Å²) in [5.74, 6) is 1.95.